The predicted molar refractivity (Wildman–Crippen MR) is 109 cm³/mol. The molecule has 1 fully saturated rings. The second-order valence-corrected chi connectivity index (χ2v) is 7.53. The minimum absolute atomic E-state index is 0.0136. The Hall–Kier alpha value is -2.28. The number of aliphatic imine (C=N–C) groups is 2. The zero-order chi connectivity index (χ0) is 20.0. The number of carbonyl (C=O) groups excluding carboxylic acids is 1. The predicted octanol–water partition coefficient (Wildman–Crippen LogP) is 2.68. The number of nitrogens with one attached hydrogen (secondary N) is 1. The fourth-order valence-electron chi connectivity index (χ4n) is 3.36. The van der Waals surface area contributed by atoms with Crippen molar-refractivity contribution in [3.05, 3.63) is 34.9 Å². The molecule has 6 nitrogen and oxygen atoms in total. The average molecular weight is 388 g/mol. The summed E-state index contributed by atoms with van der Waals surface area (Å²) in [5.41, 5.74) is 1.65. The number of rotatable bonds is 6. The highest BCUT2D eigenvalue weighted by molar-refractivity contribution is 5.94. The van der Waals surface area contributed by atoms with Gasteiger partial charge in [-0.15, -0.1) is 0 Å². The van der Waals surface area contributed by atoms with E-state index in [0.717, 1.165) is 17.5 Å². The molecule has 2 aliphatic heterocycles. The van der Waals surface area contributed by atoms with Gasteiger partial charge >= 0.3 is 6.02 Å². The summed E-state index contributed by atoms with van der Waals surface area (Å²) in [6.45, 7) is 6.80. The van der Waals surface area contributed by atoms with Gasteiger partial charge in [0.05, 0.1) is 0 Å². The molecule has 2 aliphatic rings. The van der Waals surface area contributed by atoms with Crippen LogP contribution in [0.2, 0.25) is 0 Å². The molecular weight excluding hydrogens is 359 g/mol. The highest BCUT2D eigenvalue weighted by Gasteiger charge is 2.35. The highest BCUT2D eigenvalue weighted by Crippen LogP contribution is 2.27. The standard InChI is InChI=1S/C21H29FN4O2/c1-16-4-5-18(14-17(16)2)19(27)26-11-6-21(22,7-12-26)15-23-10-13-28-20-24-8-3-9-25-20/h4-5,8,14,23H,3,6-7,9-13,15H2,1-2H3. The van der Waals surface area contributed by atoms with Crippen molar-refractivity contribution in [1.82, 2.24) is 10.2 Å². The van der Waals surface area contributed by atoms with Crippen LogP contribution in [-0.4, -0.2) is 68.0 Å². The Bertz CT molecular complexity index is 755. The summed E-state index contributed by atoms with van der Waals surface area (Å²) >= 11 is 0. The van der Waals surface area contributed by atoms with Crippen molar-refractivity contribution >= 4 is 18.1 Å². The van der Waals surface area contributed by atoms with Gasteiger partial charge in [-0.2, -0.15) is 0 Å². The van der Waals surface area contributed by atoms with Crippen molar-refractivity contribution in [3.8, 4) is 0 Å². The summed E-state index contributed by atoms with van der Waals surface area (Å²) in [4.78, 5) is 22.6. The highest BCUT2D eigenvalue weighted by atomic mass is 19.1. The lowest BCUT2D eigenvalue weighted by Gasteiger charge is -2.36. The van der Waals surface area contributed by atoms with Gasteiger partial charge in [0.1, 0.15) is 12.3 Å². The number of hydrogen-bond acceptors (Lipinski definition) is 5. The maximum atomic E-state index is 15.0. The van der Waals surface area contributed by atoms with Gasteiger partial charge in [-0.3, -0.25) is 4.79 Å². The van der Waals surface area contributed by atoms with Crippen LogP contribution in [0.15, 0.2) is 28.2 Å². The number of halogens is 1. The topological polar surface area (TPSA) is 66.3 Å². The first-order valence-corrected chi connectivity index (χ1v) is 9.93. The number of ether oxygens (including phenoxy) is 1. The first-order chi connectivity index (χ1) is 13.5. The van der Waals surface area contributed by atoms with Crippen molar-refractivity contribution in [2.45, 2.75) is 38.8 Å². The molecule has 0 spiro atoms. The number of nitrogens with zero attached hydrogens (tertiary/aromatic N) is 3. The van der Waals surface area contributed by atoms with Crippen molar-refractivity contribution in [1.29, 1.82) is 0 Å². The zero-order valence-corrected chi connectivity index (χ0v) is 16.7. The van der Waals surface area contributed by atoms with Gasteiger partial charge in [0.15, 0.2) is 0 Å². The van der Waals surface area contributed by atoms with Gasteiger partial charge < -0.3 is 15.0 Å². The normalized spacial score (nSPS) is 18.7. The van der Waals surface area contributed by atoms with E-state index in [1.54, 1.807) is 11.1 Å². The van der Waals surface area contributed by atoms with Gasteiger partial charge in [0.25, 0.3) is 5.91 Å². The molecule has 1 N–H and O–H groups in total. The lowest BCUT2D eigenvalue weighted by atomic mass is 9.92. The number of amides is 1. The van der Waals surface area contributed by atoms with Crippen molar-refractivity contribution < 1.29 is 13.9 Å². The Morgan fingerprint density at radius 3 is 2.75 bits per heavy atom. The molecule has 1 saturated heterocycles. The second kappa shape index (κ2) is 9.28. The minimum Gasteiger partial charge on any atom is -0.462 e. The van der Waals surface area contributed by atoms with Crippen molar-refractivity contribution in [2.24, 2.45) is 9.98 Å². The number of alkyl halides is 1. The Kier molecular flexibility index (Phi) is 6.78. The monoisotopic (exact) mass is 388 g/mol. The lowest BCUT2D eigenvalue weighted by molar-refractivity contribution is 0.0433. The van der Waals surface area contributed by atoms with E-state index >= 15 is 4.39 Å². The Morgan fingerprint density at radius 1 is 1.29 bits per heavy atom. The fourth-order valence-corrected chi connectivity index (χ4v) is 3.36. The molecule has 0 saturated carbocycles. The minimum atomic E-state index is -1.29. The van der Waals surface area contributed by atoms with E-state index in [0.29, 0.717) is 57.2 Å². The Labute approximate surface area is 165 Å². The molecule has 1 aromatic carbocycles. The van der Waals surface area contributed by atoms with Crippen molar-refractivity contribution in [3.63, 3.8) is 0 Å². The molecule has 1 aromatic rings. The number of piperidine rings is 1. The van der Waals surface area contributed by atoms with Crippen LogP contribution in [0.5, 0.6) is 0 Å². The molecule has 152 valence electrons. The third-order valence-corrected chi connectivity index (χ3v) is 5.36. The second-order valence-electron chi connectivity index (χ2n) is 7.53. The number of aryl methyl sites for hydroxylation is 2. The van der Waals surface area contributed by atoms with E-state index in [2.05, 4.69) is 15.3 Å². The van der Waals surface area contributed by atoms with Gasteiger partial charge in [0, 0.05) is 63.8 Å². The zero-order valence-electron chi connectivity index (χ0n) is 16.7. The van der Waals surface area contributed by atoms with Crippen molar-refractivity contribution in [2.75, 3.05) is 39.3 Å². The van der Waals surface area contributed by atoms with Crippen LogP contribution in [-0.2, 0) is 4.74 Å². The number of carbonyl (C=O) groups is 1. The number of likely N-dealkylation sites (tertiary alicyclic amines) is 1. The third-order valence-electron chi connectivity index (χ3n) is 5.36. The van der Waals surface area contributed by atoms with Crippen LogP contribution in [0.25, 0.3) is 0 Å². The molecule has 0 atom stereocenters. The van der Waals surface area contributed by atoms with Crippen LogP contribution in [0.4, 0.5) is 4.39 Å². The average Bonchev–Trinajstić information content (AvgIpc) is 2.71. The molecule has 0 bridgehead atoms. The van der Waals surface area contributed by atoms with Gasteiger partial charge in [-0.25, -0.2) is 14.4 Å². The van der Waals surface area contributed by atoms with Crippen LogP contribution < -0.4 is 5.32 Å². The molecule has 1 amide bonds. The maximum Gasteiger partial charge on any atom is 0.311 e. The van der Waals surface area contributed by atoms with Crippen LogP contribution in [0.3, 0.4) is 0 Å². The van der Waals surface area contributed by atoms with Crippen LogP contribution in [0, 0.1) is 13.8 Å². The SMILES string of the molecule is Cc1ccc(C(=O)N2CCC(F)(CNCCOC3=NCCC=N3)CC2)cc1C. The summed E-state index contributed by atoms with van der Waals surface area (Å²) in [5.74, 6) is -0.0136. The summed E-state index contributed by atoms with van der Waals surface area (Å²) in [6, 6.07) is 6.13. The lowest BCUT2D eigenvalue weighted by Crippen LogP contribution is -2.49. The van der Waals surface area contributed by atoms with Crippen LogP contribution >= 0.6 is 0 Å². The molecule has 0 aromatic heterocycles. The van der Waals surface area contributed by atoms with E-state index in [4.69, 9.17) is 4.74 Å². The van der Waals surface area contributed by atoms with E-state index in [1.807, 2.05) is 32.0 Å². The Balaban J connectivity index is 1.39. The number of hydrogen-bond donors (Lipinski definition) is 1. The molecule has 0 aliphatic carbocycles. The molecule has 7 heteroatoms. The molecule has 0 unspecified atom stereocenters. The third kappa shape index (κ3) is 5.38. The van der Waals surface area contributed by atoms with Gasteiger partial charge in [-0.05, 0) is 37.1 Å². The summed E-state index contributed by atoms with van der Waals surface area (Å²) < 4.78 is 20.5. The first-order valence-electron chi connectivity index (χ1n) is 9.93. The summed E-state index contributed by atoms with van der Waals surface area (Å²) in [7, 11) is 0. The van der Waals surface area contributed by atoms with Crippen LogP contribution in [0.1, 0.15) is 40.7 Å². The summed E-state index contributed by atoms with van der Waals surface area (Å²) in [6.07, 6.45) is 3.32. The van der Waals surface area contributed by atoms with Gasteiger partial charge in [0.2, 0.25) is 0 Å². The summed E-state index contributed by atoms with van der Waals surface area (Å²) in [5, 5.41) is 3.11. The molecular formula is C21H29FN4O2. The number of amidine groups is 1. The van der Waals surface area contributed by atoms with E-state index in [-0.39, 0.29) is 12.5 Å². The molecule has 0 radical (unpaired) electrons. The van der Waals surface area contributed by atoms with Gasteiger partial charge in [-0.1, -0.05) is 6.07 Å². The molecule has 2 heterocycles. The maximum absolute atomic E-state index is 15.0. The van der Waals surface area contributed by atoms with E-state index < -0.39 is 5.67 Å². The first kappa shape index (κ1) is 20.5. The van der Waals surface area contributed by atoms with E-state index in [9.17, 15) is 4.79 Å². The number of benzene rings is 1. The molecule has 28 heavy (non-hydrogen) atoms. The van der Waals surface area contributed by atoms with E-state index in [1.165, 1.54) is 0 Å². The molecule has 3 rings (SSSR count). The smallest absolute Gasteiger partial charge is 0.311 e. The quantitative estimate of drug-likeness (QED) is 0.762. The Morgan fingerprint density at radius 2 is 2.07 bits per heavy atom. The fraction of sp³-hybridized carbons (Fsp3) is 0.571. The largest absolute Gasteiger partial charge is 0.462 e.